The van der Waals surface area contributed by atoms with Crippen LogP contribution >= 0.6 is 11.6 Å². The number of aryl methyl sites for hydroxylation is 1. The van der Waals surface area contributed by atoms with Crippen LogP contribution in [0.15, 0.2) is 6.07 Å². The first-order valence-electron chi connectivity index (χ1n) is 8.10. The summed E-state index contributed by atoms with van der Waals surface area (Å²) >= 11 is 6.48. The number of nitrogens with one attached hydrogen (secondary N) is 1. The Labute approximate surface area is 132 Å². The van der Waals surface area contributed by atoms with E-state index in [-0.39, 0.29) is 0 Å². The number of nitrogens with zero attached hydrogens (tertiary/aromatic N) is 1. The van der Waals surface area contributed by atoms with Crippen LogP contribution in [0.2, 0.25) is 5.02 Å². The first kappa shape index (κ1) is 15.1. The van der Waals surface area contributed by atoms with Crippen LogP contribution in [0.3, 0.4) is 0 Å². The maximum atomic E-state index is 6.48. The third-order valence-electron chi connectivity index (χ3n) is 4.71. The van der Waals surface area contributed by atoms with Crippen LogP contribution in [-0.2, 0) is 19.4 Å². The predicted molar refractivity (Wildman–Crippen MR) is 87.4 cm³/mol. The molecule has 1 aromatic rings. The fourth-order valence-electron chi connectivity index (χ4n) is 3.59. The number of hydrogen-bond acceptors (Lipinski definition) is 3. The molecular formula is C17H25ClN2O. The molecule has 1 heterocycles. The Balaban J connectivity index is 1.96. The maximum absolute atomic E-state index is 6.48. The Morgan fingerprint density at radius 1 is 1.19 bits per heavy atom. The number of ether oxygens (including phenoxy) is 1. The van der Waals surface area contributed by atoms with Crippen molar-refractivity contribution in [2.45, 2.75) is 38.6 Å². The van der Waals surface area contributed by atoms with Crippen LogP contribution in [0, 0.1) is 0 Å². The maximum Gasteiger partial charge on any atom is 0.142 e. The van der Waals surface area contributed by atoms with Gasteiger partial charge in [-0.2, -0.15) is 0 Å². The van der Waals surface area contributed by atoms with Crippen molar-refractivity contribution in [2.75, 3.05) is 33.3 Å². The van der Waals surface area contributed by atoms with Gasteiger partial charge in [-0.25, -0.2) is 0 Å². The van der Waals surface area contributed by atoms with Gasteiger partial charge in [-0.15, -0.1) is 0 Å². The van der Waals surface area contributed by atoms with Crippen molar-refractivity contribution < 1.29 is 4.74 Å². The van der Waals surface area contributed by atoms with E-state index < -0.39 is 0 Å². The summed E-state index contributed by atoms with van der Waals surface area (Å²) in [5.41, 5.74) is 4.29. The molecule has 3 nitrogen and oxygen atoms in total. The van der Waals surface area contributed by atoms with Crippen molar-refractivity contribution in [3.8, 4) is 5.75 Å². The lowest BCUT2D eigenvalue weighted by Gasteiger charge is -2.29. The van der Waals surface area contributed by atoms with Gasteiger partial charge >= 0.3 is 0 Å². The van der Waals surface area contributed by atoms with Crippen LogP contribution in [0.25, 0.3) is 0 Å². The fourth-order valence-corrected chi connectivity index (χ4v) is 3.91. The number of hydrogen-bond donors (Lipinski definition) is 1. The standard InChI is InChI=1S/C17H25ClN2O/c1-21-17-15(12-20-9-7-19-8-10-20)14-6-4-2-3-5-13(14)11-16(17)18/h11,19H,2-10,12H2,1H3. The molecule has 116 valence electrons. The van der Waals surface area contributed by atoms with Crippen molar-refractivity contribution >= 4 is 11.6 Å². The van der Waals surface area contributed by atoms with Crippen molar-refractivity contribution in [3.63, 3.8) is 0 Å². The minimum absolute atomic E-state index is 0.781. The second kappa shape index (κ2) is 6.99. The van der Waals surface area contributed by atoms with Crippen LogP contribution in [0.4, 0.5) is 0 Å². The third-order valence-corrected chi connectivity index (χ3v) is 4.99. The second-order valence-corrected chi connectivity index (χ2v) is 6.50. The molecule has 0 bridgehead atoms. The molecule has 0 aromatic heterocycles. The SMILES string of the molecule is COc1c(Cl)cc2c(c1CN1CCNCC1)CCCCC2. The molecule has 1 fully saturated rings. The third kappa shape index (κ3) is 3.36. The van der Waals surface area contributed by atoms with E-state index >= 15 is 0 Å². The molecule has 0 unspecified atom stereocenters. The zero-order valence-corrected chi connectivity index (χ0v) is 13.6. The molecule has 0 radical (unpaired) electrons. The fraction of sp³-hybridized carbons (Fsp3) is 0.647. The molecule has 2 aliphatic rings. The Morgan fingerprint density at radius 3 is 2.71 bits per heavy atom. The molecule has 0 atom stereocenters. The summed E-state index contributed by atoms with van der Waals surface area (Å²) in [4.78, 5) is 2.51. The first-order valence-corrected chi connectivity index (χ1v) is 8.47. The van der Waals surface area contributed by atoms with Crippen molar-refractivity contribution in [1.29, 1.82) is 0 Å². The van der Waals surface area contributed by atoms with E-state index in [1.807, 2.05) is 0 Å². The van der Waals surface area contributed by atoms with Crippen molar-refractivity contribution in [1.82, 2.24) is 10.2 Å². The molecule has 1 saturated heterocycles. The van der Waals surface area contributed by atoms with Crippen molar-refractivity contribution in [3.05, 3.63) is 27.8 Å². The molecule has 21 heavy (non-hydrogen) atoms. The summed E-state index contributed by atoms with van der Waals surface area (Å²) in [6, 6.07) is 2.14. The topological polar surface area (TPSA) is 24.5 Å². The lowest BCUT2D eigenvalue weighted by atomic mass is 9.95. The van der Waals surface area contributed by atoms with Gasteiger partial charge in [0.1, 0.15) is 5.75 Å². The van der Waals surface area contributed by atoms with E-state index in [1.165, 1.54) is 42.4 Å². The van der Waals surface area contributed by atoms with Crippen LogP contribution in [0.1, 0.15) is 36.0 Å². The van der Waals surface area contributed by atoms with Gasteiger partial charge in [0.05, 0.1) is 12.1 Å². The van der Waals surface area contributed by atoms with E-state index in [0.717, 1.165) is 49.9 Å². The second-order valence-electron chi connectivity index (χ2n) is 6.09. The summed E-state index contributed by atoms with van der Waals surface area (Å²) in [6.45, 7) is 5.32. The van der Waals surface area contributed by atoms with E-state index in [0.29, 0.717) is 0 Å². The highest BCUT2D eigenvalue weighted by molar-refractivity contribution is 6.32. The summed E-state index contributed by atoms with van der Waals surface area (Å²) in [6.07, 6.45) is 6.22. The molecule has 1 N–H and O–H groups in total. The van der Waals surface area contributed by atoms with Crippen molar-refractivity contribution in [2.24, 2.45) is 0 Å². The minimum atomic E-state index is 0.781. The molecule has 0 amide bonds. The first-order chi connectivity index (χ1) is 10.3. The summed E-state index contributed by atoms with van der Waals surface area (Å²) in [7, 11) is 1.74. The number of rotatable bonds is 3. The average Bonchev–Trinajstić information content (AvgIpc) is 2.73. The summed E-state index contributed by atoms with van der Waals surface area (Å²) in [5.74, 6) is 0.899. The van der Waals surface area contributed by atoms with Gasteiger partial charge in [-0.05, 0) is 42.9 Å². The van der Waals surface area contributed by atoms with Gasteiger partial charge in [0.2, 0.25) is 0 Å². The van der Waals surface area contributed by atoms with E-state index in [1.54, 1.807) is 7.11 Å². The highest BCUT2D eigenvalue weighted by Crippen LogP contribution is 2.37. The average molecular weight is 309 g/mol. The predicted octanol–water partition coefficient (Wildman–Crippen LogP) is 3.02. The molecule has 0 spiro atoms. The Hall–Kier alpha value is -0.770. The smallest absolute Gasteiger partial charge is 0.142 e. The quantitative estimate of drug-likeness (QED) is 0.869. The largest absolute Gasteiger partial charge is 0.495 e. The highest BCUT2D eigenvalue weighted by Gasteiger charge is 2.22. The molecule has 0 saturated carbocycles. The zero-order chi connectivity index (χ0) is 14.7. The number of fused-ring (bicyclic) bond motifs is 1. The van der Waals surface area contributed by atoms with Crippen LogP contribution < -0.4 is 10.1 Å². The van der Waals surface area contributed by atoms with Gasteiger partial charge < -0.3 is 10.1 Å². The number of halogens is 1. The lowest BCUT2D eigenvalue weighted by Crippen LogP contribution is -2.43. The highest BCUT2D eigenvalue weighted by atomic mass is 35.5. The van der Waals surface area contributed by atoms with Gasteiger partial charge in [0.15, 0.2) is 0 Å². The molecule has 3 rings (SSSR count). The van der Waals surface area contributed by atoms with E-state index in [4.69, 9.17) is 16.3 Å². The molecule has 1 aliphatic carbocycles. The van der Waals surface area contributed by atoms with Gasteiger partial charge in [0, 0.05) is 38.3 Å². The monoisotopic (exact) mass is 308 g/mol. The van der Waals surface area contributed by atoms with Crippen LogP contribution in [-0.4, -0.2) is 38.2 Å². The minimum Gasteiger partial charge on any atom is -0.495 e. The Bertz CT molecular complexity index is 498. The van der Waals surface area contributed by atoms with Gasteiger partial charge in [-0.1, -0.05) is 18.0 Å². The van der Waals surface area contributed by atoms with E-state index in [2.05, 4.69) is 16.3 Å². The zero-order valence-electron chi connectivity index (χ0n) is 12.9. The molecule has 4 heteroatoms. The van der Waals surface area contributed by atoms with Crippen LogP contribution in [0.5, 0.6) is 5.75 Å². The number of piperazine rings is 1. The van der Waals surface area contributed by atoms with Gasteiger partial charge in [0.25, 0.3) is 0 Å². The lowest BCUT2D eigenvalue weighted by molar-refractivity contribution is 0.229. The summed E-state index contributed by atoms with van der Waals surface area (Å²) in [5, 5.41) is 4.19. The Morgan fingerprint density at radius 2 is 1.95 bits per heavy atom. The normalized spacial score (nSPS) is 19.9. The number of benzene rings is 1. The molecule has 1 aliphatic heterocycles. The Kier molecular flexibility index (Phi) is 5.04. The van der Waals surface area contributed by atoms with E-state index in [9.17, 15) is 0 Å². The summed E-state index contributed by atoms with van der Waals surface area (Å²) < 4.78 is 5.65. The molecular weight excluding hydrogens is 284 g/mol. The molecule has 1 aromatic carbocycles. The van der Waals surface area contributed by atoms with Gasteiger partial charge in [-0.3, -0.25) is 4.90 Å². The number of methoxy groups -OCH3 is 1.